The van der Waals surface area contributed by atoms with E-state index in [0.29, 0.717) is 15.8 Å². The number of ether oxygens (including phenoxy) is 1. The first-order valence-electron chi connectivity index (χ1n) is 8.44. The molecular weight excluding hydrogens is 348 g/mol. The Labute approximate surface area is 153 Å². The van der Waals surface area contributed by atoms with Crippen molar-refractivity contribution in [2.45, 2.75) is 25.1 Å². The van der Waals surface area contributed by atoms with E-state index in [0.717, 1.165) is 17.1 Å². The molecule has 0 unspecified atom stereocenters. The number of fused-ring (bicyclic) bond motifs is 6. The Balaban J connectivity index is 1.66. The van der Waals surface area contributed by atoms with Crippen LogP contribution in [0.5, 0.6) is 5.75 Å². The van der Waals surface area contributed by atoms with Crippen molar-refractivity contribution in [1.29, 1.82) is 0 Å². The van der Waals surface area contributed by atoms with Crippen molar-refractivity contribution < 1.29 is 9.15 Å². The van der Waals surface area contributed by atoms with Gasteiger partial charge in [0.05, 0.1) is 16.8 Å². The molecule has 130 valence electrons. The van der Waals surface area contributed by atoms with Gasteiger partial charge in [-0.05, 0) is 37.3 Å². The molecule has 0 amide bonds. The van der Waals surface area contributed by atoms with E-state index < -0.39 is 5.72 Å². The largest absolute Gasteiger partial charge is 0.466 e. The van der Waals surface area contributed by atoms with Crippen molar-refractivity contribution in [3.05, 3.63) is 79.7 Å². The lowest BCUT2D eigenvalue weighted by Crippen LogP contribution is -2.49. The van der Waals surface area contributed by atoms with E-state index in [9.17, 15) is 4.79 Å². The number of nitrogens with zero attached hydrogens (tertiary/aromatic N) is 2. The van der Waals surface area contributed by atoms with Crippen molar-refractivity contribution in [1.82, 2.24) is 4.57 Å². The molecule has 0 N–H and O–H groups in total. The summed E-state index contributed by atoms with van der Waals surface area (Å²) >= 11 is 1.40. The molecule has 26 heavy (non-hydrogen) atoms. The quantitative estimate of drug-likeness (QED) is 0.703. The van der Waals surface area contributed by atoms with Crippen molar-refractivity contribution in [2.75, 3.05) is 0 Å². The minimum absolute atomic E-state index is 0.0124. The molecule has 0 radical (unpaired) electrons. The Bertz CT molecular complexity index is 1190. The number of para-hydroxylation sites is 1. The molecule has 0 spiro atoms. The van der Waals surface area contributed by atoms with Gasteiger partial charge in [-0.3, -0.25) is 9.36 Å². The summed E-state index contributed by atoms with van der Waals surface area (Å²) in [5, 5.41) is 0. The highest BCUT2D eigenvalue weighted by molar-refractivity contribution is 7.07. The highest BCUT2D eigenvalue weighted by Gasteiger charge is 2.42. The van der Waals surface area contributed by atoms with E-state index in [1.54, 1.807) is 10.8 Å². The van der Waals surface area contributed by atoms with E-state index in [4.69, 9.17) is 14.1 Å². The Morgan fingerprint density at radius 2 is 2.19 bits per heavy atom. The van der Waals surface area contributed by atoms with Crippen LogP contribution in [-0.4, -0.2) is 10.3 Å². The summed E-state index contributed by atoms with van der Waals surface area (Å²) in [5.41, 5.74) is 0.401. The monoisotopic (exact) mass is 364 g/mol. The molecule has 6 heteroatoms. The summed E-state index contributed by atoms with van der Waals surface area (Å²) < 4.78 is 13.8. The van der Waals surface area contributed by atoms with Crippen molar-refractivity contribution >= 4 is 23.5 Å². The molecule has 4 heterocycles. The average molecular weight is 364 g/mol. The van der Waals surface area contributed by atoms with Crippen molar-refractivity contribution in [2.24, 2.45) is 4.99 Å². The molecule has 0 fully saturated rings. The van der Waals surface area contributed by atoms with Crippen LogP contribution in [0.2, 0.25) is 0 Å². The molecule has 0 saturated heterocycles. The van der Waals surface area contributed by atoms with Gasteiger partial charge in [-0.25, -0.2) is 4.99 Å². The van der Waals surface area contributed by atoms with E-state index in [1.807, 2.05) is 61.5 Å². The molecule has 0 saturated carbocycles. The van der Waals surface area contributed by atoms with E-state index in [2.05, 4.69) is 0 Å². The standard InChI is InChI=1S/C20H16N2O3S/c1-20-12-15(14-8-2-3-9-16(14)25-20)22-18(23)17(26-19(22)21-20)10-4-6-13-7-5-11-24-13/h2-11,15H,12H2,1H3/b6-4+,17-10-/t15-,20-/m1/s1. The van der Waals surface area contributed by atoms with Gasteiger partial charge < -0.3 is 9.15 Å². The van der Waals surface area contributed by atoms with Gasteiger partial charge in [-0.1, -0.05) is 35.6 Å². The van der Waals surface area contributed by atoms with E-state index >= 15 is 0 Å². The summed E-state index contributed by atoms with van der Waals surface area (Å²) in [4.78, 5) is 18.4. The van der Waals surface area contributed by atoms with Crippen LogP contribution in [0, 0.1) is 0 Å². The van der Waals surface area contributed by atoms with E-state index in [-0.39, 0.29) is 11.6 Å². The number of hydrogen-bond donors (Lipinski definition) is 0. The van der Waals surface area contributed by atoms with Gasteiger partial charge in [0, 0.05) is 12.0 Å². The lowest BCUT2D eigenvalue weighted by atomic mass is 9.93. The third-order valence-electron chi connectivity index (χ3n) is 4.71. The molecule has 3 aromatic rings. The van der Waals surface area contributed by atoms with Crippen LogP contribution < -0.4 is 19.6 Å². The number of hydrogen-bond acceptors (Lipinski definition) is 5. The lowest BCUT2D eigenvalue weighted by Gasteiger charge is -2.39. The van der Waals surface area contributed by atoms with Crippen LogP contribution >= 0.6 is 11.3 Å². The summed E-state index contributed by atoms with van der Waals surface area (Å²) in [7, 11) is 0. The molecular formula is C20H16N2O3S. The first-order valence-corrected chi connectivity index (χ1v) is 9.26. The number of rotatable bonds is 2. The van der Waals surface area contributed by atoms with Crippen LogP contribution in [0.1, 0.15) is 30.7 Å². The maximum Gasteiger partial charge on any atom is 0.270 e. The van der Waals surface area contributed by atoms with Crippen LogP contribution in [0.3, 0.4) is 0 Å². The third-order valence-corrected chi connectivity index (χ3v) is 5.71. The lowest BCUT2D eigenvalue weighted by molar-refractivity contribution is 0.0410. The second-order valence-electron chi connectivity index (χ2n) is 6.61. The minimum Gasteiger partial charge on any atom is -0.466 e. The first kappa shape index (κ1) is 15.4. The molecule has 2 aliphatic heterocycles. The molecule has 5 nitrogen and oxygen atoms in total. The number of allylic oxidation sites excluding steroid dienone is 1. The zero-order valence-electron chi connectivity index (χ0n) is 14.1. The fraction of sp³-hybridized carbons (Fsp3) is 0.200. The Hall–Kier alpha value is -2.86. The highest BCUT2D eigenvalue weighted by atomic mass is 32.1. The number of thiazole rings is 1. The van der Waals surface area contributed by atoms with Gasteiger partial charge in [0.15, 0.2) is 4.80 Å². The Morgan fingerprint density at radius 3 is 3.04 bits per heavy atom. The third kappa shape index (κ3) is 2.37. The van der Waals surface area contributed by atoms with Crippen LogP contribution in [0.4, 0.5) is 0 Å². The number of aromatic nitrogens is 1. The van der Waals surface area contributed by atoms with Gasteiger partial charge >= 0.3 is 0 Å². The molecule has 2 aromatic heterocycles. The topological polar surface area (TPSA) is 56.7 Å². The smallest absolute Gasteiger partial charge is 0.270 e. The molecule has 5 rings (SSSR count). The average Bonchev–Trinajstić information content (AvgIpc) is 3.23. The van der Waals surface area contributed by atoms with Crippen LogP contribution in [-0.2, 0) is 0 Å². The molecule has 0 aliphatic carbocycles. The Kier molecular flexibility index (Phi) is 3.30. The van der Waals surface area contributed by atoms with Gasteiger partial charge in [-0.2, -0.15) is 0 Å². The van der Waals surface area contributed by atoms with Gasteiger partial charge in [0.2, 0.25) is 5.72 Å². The fourth-order valence-electron chi connectivity index (χ4n) is 3.57. The van der Waals surface area contributed by atoms with Crippen molar-refractivity contribution in [3.8, 4) is 5.75 Å². The predicted molar refractivity (Wildman–Crippen MR) is 99.8 cm³/mol. The molecule has 2 aliphatic rings. The number of benzene rings is 1. The minimum atomic E-state index is -0.627. The summed E-state index contributed by atoms with van der Waals surface area (Å²) in [5.74, 6) is 1.56. The second kappa shape index (κ2) is 5.57. The zero-order chi connectivity index (χ0) is 17.7. The zero-order valence-corrected chi connectivity index (χ0v) is 14.9. The summed E-state index contributed by atoms with van der Waals surface area (Å²) in [6, 6.07) is 11.5. The second-order valence-corrected chi connectivity index (χ2v) is 7.62. The molecule has 2 bridgehead atoms. The maximum absolute atomic E-state index is 13.0. The van der Waals surface area contributed by atoms with E-state index in [1.165, 1.54) is 11.3 Å². The normalized spacial score (nSPS) is 24.0. The summed E-state index contributed by atoms with van der Waals surface area (Å²) in [6.07, 6.45) is 7.76. The fourth-order valence-corrected chi connectivity index (χ4v) is 4.64. The Morgan fingerprint density at radius 1 is 1.31 bits per heavy atom. The maximum atomic E-state index is 13.0. The highest BCUT2D eigenvalue weighted by Crippen LogP contribution is 2.42. The molecule has 1 aromatic carbocycles. The number of furan rings is 1. The summed E-state index contributed by atoms with van der Waals surface area (Å²) in [6.45, 7) is 1.98. The first-order chi connectivity index (χ1) is 12.6. The molecule has 2 atom stereocenters. The van der Waals surface area contributed by atoms with Crippen LogP contribution in [0.15, 0.2) is 62.9 Å². The van der Waals surface area contributed by atoms with Crippen molar-refractivity contribution in [3.63, 3.8) is 0 Å². The predicted octanol–water partition coefficient (Wildman–Crippen LogP) is 2.72. The van der Waals surface area contributed by atoms with Gasteiger partial charge in [-0.15, -0.1) is 0 Å². The van der Waals surface area contributed by atoms with Gasteiger partial charge in [0.25, 0.3) is 5.56 Å². The van der Waals surface area contributed by atoms with Gasteiger partial charge in [0.1, 0.15) is 11.5 Å². The SMILES string of the molecule is C[C@]12C[C@H](c3ccccc3O1)n1c(s/c(=C\C=C\c3ccco3)c1=O)=N2. The van der Waals surface area contributed by atoms with Crippen LogP contribution in [0.25, 0.3) is 12.2 Å².